The Kier molecular flexibility index (Phi) is 29.1. The van der Waals surface area contributed by atoms with Gasteiger partial charge in [-0.05, 0) is 25.2 Å². The summed E-state index contributed by atoms with van der Waals surface area (Å²) in [5, 5.41) is 34.7. The molecule has 9 nitrogen and oxygen atoms in total. The average Bonchev–Trinajstić information content (AvgIpc) is 3.11. The van der Waals surface area contributed by atoms with E-state index in [1.165, 1.54) is 122 Å². The van der Waals surface area contributed by atoms with Crippen LogP contribution < -0.4 is 11.1 Å². The molecule has 1 fully saturated rings. The lowest BCUT2D eigenvalue weighted by Gasteiger charge is -2.47. The van der Waals surface area contributed by atoms with Gasteiger partial charge in [-0.2, -0.15) is 0 Å². The topological polar surface area (TPSA) is 145 Å². The Bertz CT molecular complexity index is 845. The van der Waals surface area contributed by atoms with Crippen LogP contribution in [0, 0.1) is 5.92 Å². The van der Waals surface area contributed by atoms with Crippen molar-refractivity contribution in [2.45, 2.75) is 238 Å². The maximum Gasteiger partial charge on any atom is 0.237 e. The van der Waals surface area contributed by atoms with Crippen LogP contribution in [-0.2, 0) is 14.3 Å². The van der Waals surface area contributed by atoms with Gasteiger partial charge in [-0.3, -0.25) is 9.59 Å². The van der Waals surface area contributed by atoms with E-state index < -0.39 is 49.1 Å². The number of nitrogens with two attached hydrogens (primary N) is 1. The minimum absolute atomic E-state index is 0.0880. The molecule has 1 aliphatic rings. The minimum Gasteiger partial charge on any atom is -0.394 e. The highest BCUT2D eigenvalue weighted by atomic mass is 16.5. The average molecular weight is 726 g/mol. The number of aliphatic hydroxyl groups is 3. The number of hydrogen-bond donors (Lipinski definition) is 5. The second kappa shape index (κ2) is 31.1. The van der Waals surface area contributed by atoms with Crippen molar-refractivity contribution in [2.75, 3.05) is 13.2 Å². The molecule has 2 amide bonds. The number of hydrogen-bond acceptors (Lipinski definition) is 7. The molecule has 1 heterocycles. The number of nitrogens with zero attached hydrogens (tertiary/aromatic N) is 1. The summed E-state index contributed by atoms with van der Waals surface area (Å²) >= 11 is 0. The fourth-order valence-electron chi connectivity index (χ4n) is 7.36. The fraction of sp³-hybridized carbons (Fsp3) is 0.952. The minimum atomic E-state index is -1.43. The maximum absolute atomic E-state index is 13.8. The highest BCUT2D eigenvalue weighted by Gasteiger charge is 2.48. The van der Waals surface area contributed by atoms with E-state index >= 15 is 0 Å². The van der Waals surface area contributed by atoms with Crippen LogP contribution >= 0.6 is 0 Å². The first-order valence-electron chi connectivity index (χ1n) is 21.7. The zero-order chi connectivity index (χ0) is 37.7. The first-order chi connectivity index (χ1) is 24.7. The molecule has 0 bridgehead atoms. The number of carbonyl (C=O) groups excluding carboxylic acids is 2. The van der Waals surface area contributed by atoms with E-state index in [4.69, 9.17) is 10.5 Å². The quantitative estimate of drug-likeness (QED) is 0.0428. The summed E-state index contributed by atoms with van der Waals surface area (Å²) in [4.78, 5) is 28.6. The third-order valence-electron chi connectivity index (χ3n) is 10.6. The lowest BCUT2D eigenvalue weighted by molar-refractivity contribution is -0.231. The van der Waals surface area contributed by atoms with Gasteiger partial charge in [0.2, 0.25) is 11.8 Å². The van der Waals surface area contributed by atoms with Gasteiger partial charge in [0, 0.05) is 13.0 Å². The molecule has 1 rings (SSSR count). The SMILES string of the molecule is CCCCCCCCCCCCCCCCCCN(C(=O)CCCCCCCCCCC)[C@@H]1O[C@H](CO)[C@@H](O)[C@H](O)[C@H]1NC(=O)[C@@H](N)CC(C)C. The van der Waals surface area contributed by atoms with Crippen LogP contribution in [0.25, 0.3) is 0 Å². The Morgan fingerprint density at radius 3 is 1.49 bits per heavy atom. The number of nitrogens with one attached hydrogen (secondary N) is 1. The molecule has 0 aromatic carbocycles. The number of carbonyl (C=O) groups is 2. The first kappa shape index (κ1) is 47.8. The molecule has 1 aliphatic heterocycles. The first-order valence-corrected chi connectivity index (χ1v) is 21.7. The van der Waals surface area contributed by atoms with E-state index in [0.717, 1.165) is 38.5 Å². The van der Waals surface area contributed by atoms with E-state index in [-0.39, 0.29) is 11.8 Å². The number of aliphatic hydroxyl groups excluding tert-OH is 3. The number of amides is 2. The van der Waals surface area contributed by atoms with Gasteiger partial charge in [-0.15, -0.1) is 0 Å². The summed E-state index contributed by atoms with van der Waals surface area (Å²) in [6.07, 6.45) is 26.4. The predicted molar refractivity (Wildman–Crippen MR) is 210 cm³/mol. The van der Waals surface area contributed by atoms with Crippen molar-refractivity contribution in [2.24, 2.45) is 11.7 Å². The number of unbranched alkanes of at least 4 members (excludes halogenated alkanes) is 23. The van der Waals surface area contributed by atoms with Crippen molar-refractivity contribution in [3.8, 4) is 0 Å². The molecule has 0 aromatic rings. The summed E-state index contributed by atoms with van der Waals surface area (Å²) in [5.74, 6) is -0.345. The smallest absolute Gasteiger partial charge is 0.237 e. The molecule has 0 radical (unpaired) electrons. The van der Waals surface area contributed by atoms with Gasteiger partial charge in [0.15, 0.2) is 6.23 Å². The molecule has 0 unspecified atom stereocenters. The van der Waals surface area contributed by atoms with Crippen molar-refractivity contribution in [3.63, 3.8) is 0 Å². The molecule has 0 saturated carbocycles. The van der Waals surface area contributed by atoms with Crippen molar-refractivity contribution < 1.29 is 29.6 Å². The van der Waals surface area contributed by atoms with Crippen LogP contribution in [-0.4, -0.2) is 81.8 Å². The zero-order valence-corrected chi connectivity index (χ0v) is 33.6. The molecule has 51 heavy (non-hydrogen) atoms. The second-order valence-corrected chi connectivity index (χ2v) is 16.0. The third-order valence-corrected chi connectivity index (χ3v) is 10.6. The van der Waals surface area contributed by atoms with E-state index in [9.17, 15) is 24.9 Å². The van der Waals surface area contributed by atoms with Gasteiger partial charge < -0.3 is 36.0 Å². The summed E-state index contributed by atoms with van der Waals surface area (Å²) in [5.41, 5.74) is 6.17. The molecule has 6 N–H and O–H groups in total. The van der Waals surface area contributed by atoms with Gasteiger partial charge in [0.05, 0.1) is 12.6 Å². The molecule has 9 heteroatoms. The molecular formula is C42H83N3O6. The highest BCUT2D eigenvalue weighted by Crippen LogP contribution is 2.26. The van der Waals surface area contributed by atoms with Crippen LogP contribution in [0.1, 0.15) is 201 Å². The largest absolute Gasteiger partial charge is 0.394 e. The van der Waals surface area contributed by atoms with Crippen molar-refractivity contribution in [3.05, 3.63) is 0 Å². The number of rotatable bonds is 33. The second-order valence-electron chi connectivity index (χ2n) is 16.0. The fourth-order valence-corrected chi connectivity index (χ4v) is 7.36. The van der Waals surface area contributed by atoms with E-state index in [2.05, 4.69) is 19.2 Å². The molecular weight excluding hydrogens is 642 g/mol. The molecule has 302 valence electrons. The Hall–Kier alpha value is -1.26. The van der Waals surface area contributed by atoms with Gasteiger partial charge in [-0.25, -0.2) is 0 Å². The highest BCUT2D eigenvalue weighted by molar-refractivity contribution is 5.82. The van der Waals surface area contributed by atoms with E-state index in [1.54, 1.807) is 4.90 Å². The third kappa shape index (κ3) is 21.9. The van der Waals surface area contributed by atoms with Crippen LogP contribution in [0.2, 0.25) is 0 Å². The molecule has 0 aromatic heterocycles. The van der Waals surface area contributed by atoms with Crippen LogP contribution in [0.5, 0.6) is 0 Å². The Labute approximate surface area is 313 Å². The number of ether oxygens (including phenoxy) is 1. The van der Waals surface area contributed by atoms with Crippen molar-refractivity contribution >= 4 is 11.8 Å². The van der Waals surface area contributed by atoms with Crippen LogP contribution in [0.4, 0.5) is 0 Å². The van der Waals surface area contributed by atoms with Crippen LogP contribution in [0.15, 0.2) is 0 Å². The molecule has 6 atom stereocenters. The lowest BCUT2D eigenvalue weighted by Crippen LogP contribution is -2.69. The summed E-state index contributed by atoms with van der Waals surface area (Å²) in [6.45, 7) is 8.36. The van der Waals surface area contributed by atoms with Gasteiger partial charge in [0.25, 0.3) is 0 Å². The van der Waals surface area contributed by atoms with Gasteiger partial charge in [0.1, 0.15) is 24.4 Å². The Balaban J connectivity index is 2.71. The summed E-state index contributed by atoms with van der Waals surface area (Å²) in [6, 6.07) is -1.86. The summed E-state index contributed by atoms with van der Waals surface area (Å²) < 4.78 is 6.14. The Morgan fingerprint density at radius 2 is 1.08 bits per heavy atom. The normalized spacial score (nSPS) is 21.2. The zero-order valence-electron chi connectivity index (χ0n) is 33.6. The van der Waals surface area contributed by atoms with Crippen molar-refractivity contribution in [1.29, 1.82) is 0 Å². The van der Waals surface area contributed by atoms with Gasteiger partial charge >= 0.3 is 0 Å². The lowest BCUT2D eigenvalue weighted by atomic mass is 9.94. The Morgan fingerprint density at radius 1 is 0.667 bits per heavy atom. The molecule has 0 aliphatic carbocycles. The molecule has 1 saturated heterocycles. The van der Waals surface area contributed by atoms with E-state index in [1.807, 2.05) is 13.8 Å². The molecule has 0 spiro atoms. The standard InChI is InChI=1S/C42H83N3O6/c1-5-7-9-11-13-15-16-17-18-19-20-21-23-25-27-29-31-45(37(47)30-28-26-24-22-14-12-10-8-6-2)42-38(40(49)39(48)36(33-46)51-42)44-41(50)35(43)32-34(3)4/h34-36,38-40,42,46,48-49H,5-33,43H2,1-4H3,(H,44,50)/t35-,36+,38+,39+,40+,42+/m0/s1. The van der Waals surface area contributed by atoms with Crippen LogP contribution in [0.3, 0.4) is 0 Å². The summed E-state index contributed by atoms with van der Waals surface area (Å²) in [7, 11) is 0. The monoisotopic (exact) mass is 726 g/mol. The predicted octanol–water partition coefficient (Wildman–Crippen LogP) is 8.29. The maximum atomic E-state index is 13.8. The van der Waals surface area contributed by atoms with Crippen molar-refractivity contribution in [1.82, 2.24) is 10.2 Å². The van der Waals surface area contributed by atoms with E-state index in [0.29, 0.717) is 19.4 Å². The van der Waals surface area contributed by atoms with Gasteiger partial charge in [-0.1, -0.05) is 175 Å².